The first-order valence-electron chi connectivity index (χ1n) is 7.99. The summed E-state index contributed by atoms with van der Waals surface area (Å²) in [6.07, 6.45) is 14.7. The molecule has 0 saturated heterocycles. The minimum atomic E-state index is 0.0162. The summed E-state index contributed by atoms with van der Waals surface area (Å²) in [5.41, 5.74) is 0. The van der Waals surface area contributed by atoms with Gasteiger partial charge < -0.3 is 5.11 Å². The van der Waals surface area contributed by atoms with E-state index in [1.807, 2.05) is 0 Å². The Morgan fingerprint density at radius 1 is 0.882 bits per heavy atom. The van der Waals surface area contributed by atoms with E-state index in [1.165, 1.54) is 70.6 Å². The average molecular weight is 238 g/mol. The smallest absolute Gasteiger partial charge is 0.0596 e. The largest absolute Gasteiger partial charge is 0.393 e. The third-order valence-corrected chi connectivity index (χ3v) is 5.27. The van der Waals surface area contributed by atoms with Crippen LogP contribution in [0.3, 0.4) is 0 Å². The van der Waals surface area contributed by atoms with E-state index in [2.05, 4.69) is 6.92 Å². The Bertz CT molecular complexity index is 206. The van der Waals surface area contributed by atoms with E-state index in [0.29, 0.717) is 11.8 Å². The van der Waals surface area contributed by atoms with Crippen LogP contribution in [0.2, 0.25) is 0 Å². The lowest BCUT2D eigenvalue weighted by atomic mass is 9.73. The monoisotopic (exact) mass is 238 g/mol. The summed E-state index contributed by atoms with van der Waals surface area (Å²) in [6.45, 7) is 2.31. The molecule has 0 bridgehead atoms. The zero-order chi connectivity index (χ0) is 12.1. The first-order valence-corrected chi connectivity index (χ1v) is 7.99. The van der Waals surface area contributed by atoms with Crippen molar-refractivity contribution >= 4 is 0 Å². The van der Waals surface area contributed by atoms with E-state index >= 15 is 0 Å². The van der Waals surface area contributed by atoms with Gasteiger partial charge in [-0.15, -0.1) is 0 Å². The maximum Gasteiger partial charge on any atom is 0.0596 e. The lowest BCUT2D eigenvalue weighted by Gasteiger charge is -2.35. The molecule has 0 spiro atoms. The molecule has 2 rings (SSSR count). The second-order valence-corrected chi connectivity index (χ2v) is 6.44. The number of hydrogen-bond acceptors (Lipinski definition) is 1. The van der Waals surface area contributed by atoms with Gasteiger partial charge in [0, 0.05) is 0 Å². The molecule has 0 aromatic heterocycles. The summed E-state index contributed by atoms with van der Waals surface area (Å²) in [7, 11) is 0. The minimum Gasteiger partial charge on any atom is -0.393 e. The van der Waals surface area contributed by atoms with Gasteiger partial charge in [0.05, 0.1) is 6.10 Å². The van der Waals surface area contributed by atoms with Crippen LogP contribution < -0.4 is 0 Å². The van der Waals surface area contributed by atoms with Crippen LogP contribution in [0.25, 0.3) is 0 Å². The second kappa shape index (κ2) is 6.78. The van der Waals surface area contributed by atoms with Crippen molar-refractivity contribution in [3.8, 4) is 0 Å². The van der Waals surface area contributed by atoms with Crippen LogP contribution in [-0.4, -0.2) is 11.2 Å². The average Bonchev–Trinajstić information content (AvgIpc) is 2.67. The highest BCUT2D eigenvalue weighted by Crippen LogP contribution is 2.37. The van der Waals surface area contributed by atoms with E-state index in [9.17, 15) is 5.11 Å². The van der Waals surface area contributed by atoms with Crippen molar-refractivity contribution < 1.29 is 5.11 Å². The van der Waals surface area contributed by atoms with Crippen molar-refractivity contribution in [2.24, 2.45) is 17.8 Å². The maximum atomic E-state index is 10.6. The molecule has 1 nitrogen and oxygen atoms in total. The molecule has 3 atom stereocenters. The van der Waals surface area contributed by atoms with Crippen molar-refractivity contribution in [1.29, 1.82) is 0 Å². The molecule has 1 N–H and O–H groups in total. The van der Waals surface area contributed by atoms with Crippen LogP contribution in [0.4, 0.5) is 0 Å². The third-order valence-electron chi connectivity index (χ3n) is 5.27. The summed E-state index contributed by atoms with van der Waals surface area (Å²) in [6, 6.07) is 0. The summed E-state index contributed by atoms with van der Waals surface area (Å²) in [5.74, 6) is 2.14. The molecular formula is C16H30O. The van der Waals surface area contributed by atoms with E-state index in [-0.39, 0.29) is 6.10 Å². The van der Waals surface area contributed by atoms with Crippen LogP contribution in [-0.2, 0) is 0 Å². The van der Waals surface area contributed by atoms with Gasteiger partial charge in [0.15, 0.2) is 0 Å². The molecule has 2 fully saturated rings. The highest BCUT2D eigenvalue weighted by Gasteiger charge is 2.31. The van der Waals surface area contributed by atoms with Crippen molar-refractivity contribution in [1.82, 2.24) is 0 Å². The number of aliphatic hydroxyl groups excluding tert-OH is 1. The van der Waals surface area contributed by atoms with Gasteiger partial charge in [-0.05, 0) is 43.4 Å². The minimum absolute atomic E-state index is 0.0162. The Kier molecular flexibility index (Phi) is 5.34. The summed E-state index contributed by atoms with van der Waals surface area (Å²) in [5, 5.41) is 10.6. The van der Waals surface area contributed by atoms with Crippen LogP contribution in [0, 0.1) is 17.8 Å². The van der Waals surface area contributed by atoms with E-state index in [1.54, 1.807) is 0 Å². The predicted molar refractivity (Wildman–Crippen MR) is 72.9 cm³/mol. The van der Waals surface area contributed by atoms with Gasteiger partial charge in [-0.3, -0.25) is 0 Å². The van der Waals surface area contributed by atoms with Crippen molar-refractivity contribution in [2.75, 3.05) is 0 Å². The number of hydrogen-bond donors (Lipinski definition) is 1. The summed E-state index contributed by atoms with van der Waals surface area (Å²) >= 11 is 0. The predicted octanol–water partition coefficient (Wildman–Crippen LogP) is 4.53. The normalized spacial score (nSPS) is 34.2. The molecule has 2 aliphatic rings. The van der Waals surface area contributed by atoms with Crippen LogP contribution in [0.1, 0.15) is 77.6 Å². The molecule has 2 aliphatic carbocycles. The number of rotatable bonds is 3. The molecule has 0 aromatic carbocycles. The van der Waals surface area contributed by atoms with Gasteiger partial charge in [0.1, 0.15) is 0 Å². The molecule has 0 aliphatic heterocycles. The lowest BCUT2D eigenvalue weighted by Crippen LogP contribution is -2.32. The first-order chi connectivity index (χ1) is 8.31. The lowest BCUT2D eigenvalue weighted by molar-refractivity contribution is 0.0163. The molecule has 0 aromatic rings. The molecule has 0 radical (unpaired) electrons. The van der Waals surface area contributed by atoms with Crippen LogP contribution in [0.15, 0.2) is 0 Å². The maximum absolute atomic E-state index is 10.6. The SMILES string of the molecule is CCC1CCCC(C(O)C2CCCCCC2)C1. The Morgan fingerprint density at radius 3 is 2.18 bits per heavy atom. The Morgan fingerprint density at radius 2 is 1.53 bits per heavy atom. The fourth-order valence-corrected chi connectivity index (χ4v) is 4.05. The Balaban J connectivity index is 1.86. The first kappa shape index (κ1) is 13.4. The van der Waals surface area contributed by atoms with E-state index in [0.717, 1.165) is 5.92 Å². The molecule has 3 unspecified atom stereocenters. The zero-order valence-electron chi connectivity index (χ0n) is 11.5. The molecular weight excluding hydrogens is 208 g/mol. The zero-order valence-corrected chi connectivity index (χ0v) is 11.5. The van der Waals surface area contributed by atoms with Gasteiger partial charge in [0.25, 0.3) is 0 Å². The van der Waals surface area contributed by atoms with E-state index < -0.39 is 0 Å². The van der Waals surface area contributed by atoms with Crippen molar-refractivity contribution in [3.63, 3.8) is 0 Å². The summed E-state index contributed by atoms with van der Waals surface area (Å²) < 4.78 is 0. The Labute approximate surface area is 107 Å². The van der Waals surface area contributed by atoms with Crippen LogP contribution >= 0.6 is 0 Å². The highest BCUT2D eigenvalue weighted by atomic mass is 16.3. The molecule has 2 saturated carbocycles. The van der Waals surface area contributed by atoms with Gasteiger partial charge in [0.2, 0.25) is 0 Å². The molecule has 0 heterocycles. The fraction of sp³-hybridized carbons (Fsp3) is 1.00. The fourth-order valence-electron chi connectivity index (χ4n) is 4.05. The quantitative estimate of drug-likeness (QED) is 0.716. The van der Waals surface area contributed by atoms with Gasteiger partial charge in [-0.1, -0.05) is 51.9 Å². The molecule has 100 valence electrons. The van der Waals surface area contributed by atoms with Gasteiger partial charge >= 0.3 is 0 Å². The van der Waals surface area contributed by atoms with Crippen molar-refractivity contribution in [3.05, 3.63) is 0 Å². The number of aliphatic hydroxyl groups is 1. The molecule has 17 heavy (non-hydrogen) atoms. The van der Waals surface area contributed by atoms with Crippen LogP contribution in [0.5, 0.6) is 0 Å². The van der Waals surface area contributed by atoms with Gasteiger partial charge in [-0.2, -0.15) is 0 Å². The molecule has 0 amide bonds. The highest BCUT2D eigenvalue weighted by molar-refractivity contribution is 4.82. The topological polar surface area (TPSA) is 20.2 Å². The second-order valence-electron chi connectivity index (χ2n) is 6.44. The third kappa shape index (κ3) is 3.71. The molecule has 1 heteroatoms. The van der Waals surface area contributed by atoms with Crippen molar-refractivity contribution in [2.45, 2.75) is 83.7 Å². The Hall–Kier alpha value is -0.0400. The van der Waals surface area contributed by atoms with E-state index in [4.69, 9.17) is 0 Å². The summed E-state index contributed by atoms with van der Waals surface area (Å²) in [4.78, 5) is 0. The van der Waals surface area contributed by atoms with Gasteiger partial charge in [-0.25, -0.2) is 0 Å². The standard InChI is InChI=1S/C16H30O/c1-2-13-8-7-11-15(12-13)16(17)14-9-5-3-4-6-10-14/h13-17H,2-12H2,1H3.